The molecular formula is C20H23N6O3+. The Hall–Kier alpha value is -4.01. The van der Waals surface area contributed by atoms with E-state index < -0.39 is 5.91 Å². The number of carbonyl (C=O) groups is 1. The molecule has 0 bridgehead atoms. The third-order valence-corrected chi connectivity index (χ3v) is 4.47. The van der Waals surface area contributed by atoms with Crippen LogP contribution in [0.2, 0.25) is 0 Å². The highest BCUT2D eigenvalue weighted by atomic mass is 16.5. The molecule has 3 aromatic rings. The zero-order valence-electron chi connectivity index (χ0n) is 16.4. The van der Waals surface area contributed by atoms with E-state index in [1.165, 1.54) is 4.68 Å². The molecule has 2 aromatic carbocycles. The van der Waals surface area contributed by atoms with Gasteiger partial charge in [-0.2, -0.15) is 0 Å². The maximum atomic E-state index is 12.9. The maximum Gasteiger partial charge on any atom is 0.351 e. The largest absolute Gasteiger partial charge is 0.497 e. The van der Waals surface area contributed by atoms with Crippen LogP contribution in [0, 0.1) is 6.92 Å². The number of benzene rings is 2. The van der Waals surface area contributed by atoms with Crippen molar-refractivity contribution in [1.29, 1.82) is 0 Å². The highest BCUT2D eigenvalue weighted by Gasteiger charge is 2.21. The average Bonchev–Trinajstić information content (AvgIpc) is 2.96. The van der Waals surface area contributed by atoms with Crippen LogP contribution in [-0.4, -0.2) is 28.2 Å². The van der Waals surface area contributed by atoms with E-state index in [2.05, 4.69) is 15.8 Å². The number of amidine groups is 1. The molecule has 0 atom stereocenters. The zero-order chi connectivity index (χ0) is 21.0. The van der Waals surface area contributed by atoms with Gasteiger partial charge >= 0.3 is 17.3 Å². The summed E-state index contributed by atoms with van der Waals surface area (Å²) in [6.07, 6.45) is 0. The lowest BCUT2D eigenvalue weighted by molar-refractivity contribution is -0.356. The summed E-state index contributed by atoms with van der Waals surface area (Å²) in [5.41, 5.74) is 13.0. The Bertz CT molecular complexity index is 1100. The van der Waals surface area contributed by atoms with Gasteiger partial charge in [0, 0.05) is 7.05 Å². The van der Waals surface area contributed by atoms with Gasteiger partial charge in [-0.25, -0.2) is 9.67 Å². The molecule has 9 heteroatoms. The Labute approximate surface area is 167 Å². The average molecular weight is 395 g/mol. The highest BCUT2D eigenvalue weighted by molar-refractivity contribution is 6.35. The van der Waals surface area contributed by atoms with E-state index in [0.29, 0.717) is 22.8 Å². The summed E-state index contributed by atoms with van der Waals surface area (Å²) in [7, 11) is 3.33. The molecule has 29 heavy (non-hydrogen) atoms. The number of hydrazine groups is 1. The number of nitrogens with two attached hydrogens (primary N) is 1. The fourth-order valence-electron chi connectivity index (χ4n) is 2.77. The first-order chi connectivity index (χ1) is 13.9. The van der Waals surface area contributed by atoms with E-state index >= 15 is 0 Å². The lowest BCUT2D eigenvalue weighted by Gasteiger charge is -2.07. The summed E-state index contributed by atoms with van der Waals surface area (Å²) < 4.78 is 8.28. The molecule has 1 heterocycles. The molecular weight excluding hydrogens is 372 g/mol. The van der Waals surface area contributed by atoms with E-state index in [4.69, 9.17) is 10.5 Å². The number of anilines is 1. The summed E-state index contributed by atoms with van der Waals surface area (Å²) in [6, 6.07) is 16.2. The first-order valence-electron chi connectivity index (χ1n) is 8.86. The molecule has 1 amide bonds. The van der Waals surface area contributed by atoms with Crippen molar-refractivity contribution in [2.24, 2.45) is 12.8 Å². The highest BCUT2D eigenvalue weighted by Crippen LogP contribution is 2.14. The normalized spacial score (nSPS) is 11.2. The second kappa shape index (κ2) is 8.34. The van der Waals surface area contributed by atoms with Crippen molar-refractivity contribution in [2.75, 3.05) is 12.5 Å². The monoisotopic (exact) mass is 395 g/mol. The number of para-hydroxylation sites is 1. The lowest BCUT2D eigenvalue weighted by atomic mass is 10.3. The minimum atomic E-state index is -0.602. The second-order valence-electron chi connectivity index (χ2n) is 6.28. The minimum Gasteiger partial charge on any atom is -0.497 e. The summed E-state index contributed by atoms with van der Waals surface area (Å²) in [5, 5.41) is 0. The van der Waals surface area contributed by atoms with Gasteiger partial charge in [-0.05, 0) is 43.3 Å². The van der Waals surface area contributed by atoms with Crippen LogP contribution >= 0.6 is 0 Å². The summed E-state index contributed by atoms with van der Waals surface area (Å²) in [4.78, 5) is 27.9. The Kier molecular flexibility index (Phi) is 5.68. The fourth-order valence-corrected chi connectivity index (χ4v) is 2.77. The fraction of sp³-hybridized carbons (Fsp3) is 0.150. The van der Waals surface area contributed by atoms with E-state index in [9.17, 15) is 9.59 Å². The number of amides is 1. The van der Waals surface area contributed by atoms with Crippen molar-refractivity contribution in [3.05, 3.63) is 70.6 Å². The number of rotatable bonds is 5. The first kappa shape index (κ1) is 19.7. The third kappa shape index (κ3) is 4.13. The third-order valence-electron chi connectivity index (χ3n) is 4.47. The quantitative estimate of drug-likeness (QED) is 0.269. The molecule has 150 valence electrons. The van der Waals surface area contributed by atoms with Crippen LogP contribution in [0.1, 0.15) is 5.69 Å². The first-order valence-corrected chi connectivity index (χ1v) is 8.86. The van der Waals surface area contributed by atoms with Crippen LogP contribution in [0.25, 0.3) is 5.69 Å². The van der Waals surface area contributed by atoms with Crippen LogP contribution < -0.4 is 31.9 Å². The van der Waals surface area contributed by atoms with Crippen LogP contribution in [0.4, 0.5) is 11.4 Å². The molecule has 0 saturated heterocycles. The molecule has 0 saturated carbocycles. The molecule has 0 aliphatic rings. The Morgan fingerprint density at radius 2 is 1.76 bits per heavy atom. The molecule has 0 unspecified atom stereocenters. The Morgan fingerprint density at radius 3 is 2.38 bits per heavy atom. The van der Waals surface area contributed by atoms with Crippen LogP contribution in [0.5, 0.6) is 5.75 Å². The van der Waals surface area contributed by atoms with E-state index in [0.717, 1.165) is 0 Å². The number of methoxy groups -OCH3 is 1. The standard InChI is InChI=1S/C20H22N6O3/c1-13-17(20(28)26(25(13)2)15-7-5-4-6-8-15)22-18(21)19(27)24-23-14-9-11-16(29-3)12-10-14/h4-12,23H,1-3H3,(H2,21,22)(H,24,27)/p+1. The molecule has 3 rings (SSSR count). The van der Waals surface area contributed by atoms with Crippen molar-refractivity contribution in [3.63, 3.8) is 0 Å². The van der Waals surface area contributed by atoms with Gasteiger partial charge in [0.05, 0.1) is 24.2 Å². The smallest absolute Gasteiger partial charge is 0.351 e. The van der Waals surface area contributed by atoms with E-state index in [1.54, 1.807) is 50.0 Å². The van der Waals surface area contributed by atoms with Gasteiger partial charge in [0.15, 0.2) is 0 Å². The number of carbonyl (C=O) groups excluding carboxylic acids is 1. The van der Waals surface area contributed by atoms with Gasteiger partial charge in [0.25, 0.3) is 0 Å². The number of aromatic nitrogens is 2. The number of hydrogen-bond acceptors (Lipinski definition) is 4. The summed E-state index contributed by atoms with van der Waals surface area (Å²) in [5.74, 6) is -0.115. The van der Waals surface area contributed by atoms with Gasteiger partial charge in [-0.3, -0.25) is 30.9 Å². The predicted molar refractivity (Wildman–Crippen MR) is 110 cm³/mol. The molecule has 9 nitrogen and oxygen atoms in total. The lowest BCUT2D eigenvalue weighted by Crippen LogP contribution is -2.75. The maximum absolute atomic E-state index is 12.9. The summed E-state index contributed by atoms with van der Waals surface area (Å²) >= 11 is 0. The van der Waals surface area contributed by atoms with Gasteiger partial charge < -0.3 is 4.74 Å². The minimum absolute atomic E-state index is 0.211. The Morgan fingerprint density at radius 1 is 1.10 bits per heavy atom. The number of hydrogen-bond donors (Lipinski definition) is 4. The van der Waals surface area contributed by atoms with Crippen molar-refractivity contribution < 1.29 is 14.5 Å². The number of ether oxygens (including phenoxy) is 1. The molecule has 0 aliphatic carbocycles. The van der Waals surface area contributed by atoms with Crippen molar-refractivity contribution in [3.8, 4) is 11.4 Å². The van der Waals surface area contributed by atoms with Crippen LogP contribution in [-0.2, 0) is 11.8 Å². The molecule has 0 radical (unpaired) electrons. The van der Waals surface area contributed by atoms with Crippen molar-refractivity contribution >= 4 is 23.1 Å². The zero-order valence-corrected chi connectivity index (χ0v) is 16.4. The molecule has 5 N–H and O–H groups in total. The van der Waals surface area contributed by atoms with Crippen LogP contribution in [0.3, 0.4) is 0 Å². The molecule has 0 fully saturated rings. The molecule has 0 aliphatic heterocycles. The molecule has 1 aromatic heterocycles. The van der Waals surface area contributed by atoms with Gasteiger partial charge in [-0.15, -0.1) is 0 Å². The number of nitrogens with one attached hydrogen (secondary N) is 3. The Balaban J connectivity index is 1.80. The van der Waals surface area contributed by atoms with Crippen LogP contribution in [0.15, 0.2) is 59.4 Å². The van der Waals surface area contributed by atoms with Gasteiger partial charge in [0.2, 0.25) is 5.69 Å². The predicted octanol–water partition coefficient (Wildman–Crippen LogP) is -0.294. The number of nitrogens with zero attached hydrogens (tertiary/aromatic N) is 2. The second-order valence-corrected chi connectivity index (χ2v) is 6.28. The topological polar surface area (TPSA) is 117 Å². The SMILES string of the molecule is COc1ccc(NNC(=O)C(N)=[NH+]c2c(C)n(C)n(-c3ccccc3)c2=O)cc1. The van der Waals surface area contributed by atoms with Crippen molar-refractivity contribution in [2.45, 2.75) is 6.92 Å². The van der Waals surface area contributed by atoms with E-state index in [1.807, 2.05) is 30.3 Å². The van der Waals surface area contributed by atoms with Gasteiger partial charge in [-0.1, -0.05) is 18.2 Å². The molecule has 0 spiro atoms. The van der Waals surface area contributed by atoms with E-state index in [-0.39, 0.29) is 17.1 Å². The van der Waals surface area contributed by atoms with Crippen molar-refractivity contribution in [1.82, 2.24) is 14.8 Å². The van der Waals surface area contributed by atoms with Gasteiger partial charge in [0.1, 0.15) is 5.75 Å². The summed E-state index contributed by atoms with van der Waals surface area (Å²) in [6.45, 7) is 1.77.